The molecule has 1 amide bonds. The molecule has 152 valence electrons. The van der Waals surface area contributed by atoms with E-state index in [1.807, 2.05) is 0 Å². The Morgan fingerprint density at radius 2 is 1.82 bits per heavy atom. The number of hydrogen-bond acceptors (Lipinski definition) is 6. The normalized spacial score (nSPS) is 15.9. The van der Waals surface area contributed by atoms with Gasteiger partial charge >= 0.3 is 0 Å². The van der Waals surface area contributed by atoms with E-state index in [2.05, 4.69) is 4.98 Å². The fourth-order valence-electron chi connectivity index (χ4n) is 2.95. The fourth-order valence-corrected chi connectivity index (χ4v) is 4.38. The molecule has 1 aromatic heterocycles. The van der Waals surface area contributed by atoms with Crippen LogP contribution in [-0.4, -0.2) is 73.0 Å². The fraction of sp³-hybridized carbons (Fsp3) is 0.444. The number of imidazole rings is 1. The Bertz CT molecular complexity index is 910. The van der Waals surface area contributed by atoms with Crippen molar-refractivity contribution in [2.75, 3.05) is 39.9 Å². The van der Waals surface area contributed by atoms with Crippen LogP contribution in [0.4, 0.5) is 0 Å². The van der Waals surface area contributed by atoms with E-state index >= 15 is 0 Å². The third-order valence-corrected chi connectivity index (χ3v) is 6.30. The summed E-state index contributed by atoms with van der Waals surface area (Å²) < 4.78 is 39.0. The summed E-state index contributed by atoms with van der Waals surface area (Å²) in [6.07, 6.45) is 3.49. The lowest BCUT2D eigenvalue weighted by Crippen LogP contribution is -2.39. The first-order valence-corrected chi connectivity index (χ1v) is 10.4. The lowest BCUT2D eigenvalue weighted by Gasteiger charge is -2.21. The van der Waals surface area contributed by atoms with Crippen molar-refractivity contribution in [2.45, 2.75) is 11.4 Å². The Morgan fingerprint density at radius 1 is 1.11 bits per heavy atom. The van der Waals surface area contributed by atoms with Gasteiger partial charge in [-0.05, 0) is 30.7 Å². The lowest BCUT2D eigenvalue weighted by atomic mass is 10.3. The molecule has 0 radical (unpaired) electrons. The Morgan fingerprint density at radius 3 is 2.46 bits per heavy atom. The van der Waals surface area contributed by atoms with Gasteiger partial charge in [0.15, 0.2) is 11.6 Å². The number of methoxy groups -OCH3 is 1. The number of carbonyl (C=O) groups is 1. The van der Waals surface area contributed by atoms with E-state index in [1.165, 1.54) is 16.8 Å². The van der Waals surface area contributed by atoms with Crippen molar-refractivity contribution in [3.05, 3.63) is 36.8 Å². The van der Waals surface area contributed by atoms with Crippen molar-refractivity contribution < 1.29 is 22.7 Å². The molecule has 1 aromatic carbocycles. The first-order valence-electron chi connectivity index (χ1n) is 8.93. The van der Waals surface area contributed by atoms with Gasteiger partial charge in [-0.3, -0.25) is 4.79 Å². The van der Waals surface area contributed by atoms with Crippen LogP contribution in [0.15, 0.2) is 41.8 Å². The molecule has 2 aromatic rings. The predicted molar refractivity (Wildman–Crippen MR) is 102 cm³/mol. The highest BCUT2D eigenvalue weighted by molar-refractivity contribution is 7.89. The summed E-state index contributed by atoms with van der Waals surface area (Å²) in [6.45, 7) is 1.28. The summed E-state index contributed by atoms with van der Waals surface area (Å²) in [5, 5.41) is 0.0256. The summed E-state index contributed by atoms with van der Waals surface area (Å²) in [5.41, 5.74) is 0. The number of benzene rings is 1. The van der Waals surface area contributed by atoms with E-state index in [0.717, 1.165) is 0 Å². The summed E-state index contributed by atoms with van der Waals surface area (Å²) in [6, 6.07) is 6.98. The van der Waals surface area contributed by atoms with Crippen LogP contribution in [0.3, 0.4) is 0 Å². The highest BCUT2D eigenvalue weighted by Crippen LogP contribution is 2.18. The van der Waals surface area contributed by atoms with Crippen LogP contribution in [0.5, 0.6) is 11.5 Å². The third kappa shape index (κ3) is 4.63. The Balaban J connectivity index is 1.56. The van der Waals surface area contributed by atoms with E-state index in [4.69, 9.17) is 9.47 Å². The van der Waals surface area contributed by atoms with Crippen molar-refractivity contribution in [3.8, 4) is 11.5 Å². The highest BCUT2D eigenvalue weighted by Gasteiger charge is 2.29. The molecular formula is C18H24N4O5S. The maximum absolute atomic E-state index is 12.7. The highest BCUT2D eigenvalue weighted by atomic mass is 32.2. The number of carbonyl (C=O) groups excluding carboxylic acids is 1. The zero-order valence-corrected chi connectivity index (χ0v) is 16.8. The summed E-state index contributed by atoms with van der Waals surface area (Å²) in [7, 11) is -0.356. The van der Waals surface area contributed by atoms with Gasteiger partial charge in [0.2, 0.25) is 0 Å². The van der Waals surface area contributed by atoms with Gasteiger partial charge in [-0.1, -0.05) is 0 Å². The van der Waals surface area contributed by atoms with Crippen LogP contribution in [0, 0.1) is 0 Å². The molecule has 1 aliphatic heterocycles. The number of sulfonamides is 1. The number of rotatable bonds is 6. The average Bonchev–Trinajstić information content (AvgIpc) is 2.99. The maximum atomic E-state index is 12.7. The molecule has 0 aliphatic carbocycles. The van der Waals surface area contributed by atoms with E-state index in [9.17, 15) is 13.2 Å². The van der Waals surface area contributed by atoms with Gasteiger partial charge < -0.3 is 18.9 Å². The Labute approximate surface area is 164 Å². The molecule has 1 aliphatic rings. The molecule has 0 unspecified atom stereocenters. The van der Waals surface area contributed by atoms with Crippen LogP contribution < -0.4 is 9.47 Å². The Hall–Kier alpha value is -2.59. The lowest BCUT2D eigenvalue weighted by molar-refractivity contribution is -0.133. The first-order chi connectivity index (χ1) is 13.4. The van der Waals surface area contributed by atoms with Crippen molar-refractivity contribution in [1.82, 2.24) is 18.8 Å². The van der Waals surface area contributed by atoms with E-state index in [0.29, 0.717) is 37.6 Å². The van der Waals surface area contributed by atoms with Crippen LogP contribution in [0.1, 0.15) is 6.42 Å². The molecule has 0 bridgehead atoms. The molecule has 3 rings (SSSR count). The topological polar surface area (TPSA) is 94.0 Å². The van der Waals surface area contributed by atoms with Crippen LogP contribution in [0.25, 0.3) is 0 Å². The molecule has 1 saturated heterocycles. The van der Waals surface area contributed by atoms with Crippen LogP contribution in [-0.2, 0) is 21.9 Å². The standard InChI is InChI=1S/C18H24N4O5S/c1-20-12-17(19-14-20)28(24,25)22-9-3-8-21(10-11-22)18(23)13-27-16-6-4-15(26-2)5-7-16/h4-7,12,14H,3,8-11,13H2,1-2H3. The van der Waals surface area contributed by atoms with Gasteiger partial charge in [0.05, 0.1) is 13.4 Å². The zero-order chi connectivity index (χ0) is 20.1. The van der Waals surface area contributed by atoms with Crippen molar-refractivity contribution in [3.63, 3.8) is 0 Å². The third-order valence-electron chi connectivity index (χ3n) is 4.51. The average molecular weight is 408 g/mol. The maximum Gasteiger partial charge on any atom is 0.262 e. The summed E-state index contributed by atoms with van der Waals surface area (Å²) >= 11 is 0. The van der Waals surface area contributed by atoms with Gasteiger partial charge in [-0.25, -0.2) is 13.4 Å². The molecule has 0 N–H and O–H groups in total. The van der Waals surface area contributed by atoms with Gasteiger partial charge in [-0.2, -0.15) is 4.31 Å². The number of amides is 1. The second kappa shape index (κ2) is 8.61. The summed E-state index contributed by atoms with van der Waals surface area (Å²) in [5.74, 6) is 1.11. The first kappa shape index (κ1) is 20.2. The molecule has 1 fully saturated rings. The molecule has 0 saturated carbocycles. The van der Waals surface area contributed by atoms with Gasteiger partial charge in [0.1, 0.15) is 11.5 Å². The minimum atomic E-state index is -3.66. The smallest absolute Gasteiger partial charge is 0.262 e. The van der Waals surface area contributed by atoms with E-state index in [1.54, 1.807) is 47.9 Å². The second-order valence-electron chi connectivity index (χ2n) is 6.48. The number of nitrogens with zero attached hydrogens (tertiary/aromatic N) is 4. The van der Waals surface area contributed by atoms with Gasteiger partial charge in [-0.15, -0.1) is 0 Å². The quantitative estimate of drug-likeness (QED) is 0.700. The van der Waals surface area contributed by atoms with Crippen molar-refractivity contribution >= 4 is 15.9 Å². The van der Waals surface area contributed by atoms with Crippen LogP contribution in [0.2, 0.25) is 0 Å². The SMILES string of the molecule is COc1ccc(OCC(=O)N2CCCN(S(=O)(=O)c3cn(C)cn3)CC2)cc1. The van der Waals surface area contributed by atoms with Crippen LogP contribution >= 0.6 is 0 Å². The van der Waals surface area contributed by atoms with Gasteiger partial charge in [0.25, 0.3) is 15.9 Å². The minimum Gasteiger partial charge on any atom is -0.497 e. The number of ether oxygens (including phenoxy) is 2. The van der Waals surface area contributed by atoms with Crippen molar-refractivity contribution in [2.24, 2.45) is 7.05 Å². The van der Waals surface area contributed by atoms with E-state index < -0.39 is 10.0 Å². The predicted octanol–water partition coefficient (Wildman–Crippen LogP) is 0.731. The minimum absolute atomic E-state index is 0.0256. The molecule has 28 heavy (non-hydrogen) atoms. The largest absolute Gasteiger partial charge is 0.497 e. The molecule has 2 heterocycles. The van der Waals surface area contributed by atoms with Gasteiger partial charge in [0, 0.05) is 39.4 Å². The second-order valence-corrected chi connectivity index (χ2v) is 8.36. The summed E-state index contributed by atoms with van der Waals surface area (Å²) in [4.78, 5) is 18.1. The molecule has 10 heteroatoms. The molecule has 0 spiro atoms. The molecule has 0 atom stereocenters. The number of aromatic nitrogens is 2. The number of aryl methyl sites for hydroxylation is 1. The van der Waals surface area contributed by atoms with Crippen molar-refractivity contribution in [1.29, 1.82) is 0 Å². The number of hydrogen-bond donors (Lipinski definition) is 0. The molecule has 9 nitrogen and oxygen atoms in total. The van der Waals surface area contributed by atoms with E-state index in [-0.39, 0.29) is 24.1 Å². The Kier molecular flexibility index (Phi) is 6.20. The molecular weight excluding hydrogens is 384 g/mol. The monoisotopic (exact) mass is 408 g/mol. The zero-order valence-electron chi connectivity index (χ0n) is 15.9.